The number of carbonyl (C=O) groups excluding carboxylic acids is 1. The molecule has 0 unspecified atom stereocenters. The number of ether oxygens (including phenoxy) is 1. The summed E-state index contributed by atoms with van der Waals surface area (Å²) < 4.78 is 5.50. The molecule has 1 N–H and O–H groups in total. The first-order chi connectivity index (χ1) is 10.3. The summed E-state index contributed by atoms with van der Waals surface area (Å²) in [5, 5.41) is 6.11. The monoisotopic (exact) mass is 310 g/mol. The summed E-state index contributed by atoms with van der Waals surface area (Å²) in [7, 11) is 0. The molecule has 116 valence electrons. The van der Waals surface area contributed by atoms with Gasteiger partial charge in [-0.2, -0.15) is 0 Å². The largest absolute Gasteiger partial charge is 0.378 e. The number of urea groups is 1. The number of fused-ring (bicyclic) bond motifs is 1. The molecule has 1 aromatic rings. The zero-order valence-corrected chi connectivity index (χ0v) is 13.2. The van der Waals surface area contributed by atoms with Crippen LogP contribution in [0.3, 0.4) is 0 Å². The number of amides is 2. The lowest BCUT2D eigenvalue weighted by Crippen LogP contribution is -2.60. The smallest absolute Gasteiger partial charge is 0.317 e. The lowest BCUT2D eigenvalue weighted by atomic mass is 10.1. The van der Waals surface area contributed by atoms with E-state index in [2.05, 4.69) is 22.1 Å². The van der Waals surface area contributed by atoms with Gasteiger partial charge in [-0.3, -0.25) is 4.90 Å². The summed E-state index contributed by atoms with van der Waals surface area (Å²) in [5.74, 6) is 0. The number of nitrogens with one attached hydrogen (secondary N) is 1. The van der Waals surface area contributed by atoms with E-state index in [1.54, 1.807) is 11.3 Å². The van der Waals surface area contributed by atoms with E-state index in [-0.39, 0.29) is 6.03 Å². The summed E-state index contributed by atoms with van der Waals surface area (Å²) in [6, 6.07) is 0.357. The van der Waals surface area contributed by atoms with Crippen LogP contribution in [0, 0.1) is 0 Å². The van der Waals surface area contributed by atoms with Gasteiger partial charge in [0.2, 0.25) is 0 Å². The molecule has 2 amide bonds. The molecule has 0 radical (unpaired) electrons. The van der Waals surface area contributed by atoms with Crippen LogP contribution >= 0.6 is 11.3 Å². The number of piperazine rings is 1. The standard InChI is InChI=1S/C14H22N4O2S/c1-2-13-16-11(10-21-13)7-15-14(19)18-4-3-17-5-6-20-9-12(17)8-18/h10,12H,2-9H2,1H3,(H,15,19)/t12-/m1/s1. The average Bonchev–Trinajstić information content (AvgIpc) is 3.00. The Kier molecular flexibility index (Phi) is 4.72. The highest BCUT2D eigenvalue weighted by Crippen LogP contribution is 2.14. The molecule has 3 heterocycles. The Morgan fingerprint density at radius 2 is 2.43 bits per heavy atom. The van der Waals surface area contributed by atoms with Crippen LogP contribution in [0.1, 0.15) is 17.6 Å². The SMILES string of the molecule is CCc1nc(CNC(=O)N2CCN3CCOC[C@H]3C2)cs1. The van der Waals surface area contributed by atoms with Gasteiger partial charge in [-0.15, -0.1) is 11.3 Å². The van der Waals surface area contributed by atoms with Crippen LogP contribution in [-0.2, 0) is 17.7 Å². The fourth-order valence-electron chi connectivity index (χ4n) is 2.80. The van der Waals surface area contributed by atoms with Crippen LogP contribution in [0.4, 0.5) is 4.79 Å². The van der Waals surface area contributed by atoms with Gasteiger partial charge in [0.25, 0.3) is 0 Å². The molecule has 0 spiro atoms. The third-order valence-corrected chi connectivity index (χ3v) is 5.09. The molecular weight excluding hydrogens is 288 g/mol. The van der Waals surface area contributed by atoms with E-state index in [0.29, 0.717) is 12.6 Å². The minimum absolute atomic E-state index is 0.00581. The number of hydrogen-bond acceptors (Lipinski definition) is 5. The van der Waals surface area contributed by atoms with E-state index in [1.165, 1.54) is 0 Å². The Hall–Kier alpha value is -1.18. The number of thiazole rings is 1. The highest BCUT2D eigenvalue weighted by Gasteiger charge is 2.31. The first kappa shape index (κ1) is 14.7. The number of rotatable bonds is 3. The van der Waals surface area contributed by atoms with Gasteiger partial charge in [-0.25, -0.2) is 9.78 Å². The lowest BCUT2D eigenvalue weighted by molar-refractivity contribution is -0.0365. The molecule has 0 aromatic carbocycles. The van der Waals surface area contributed by atoms with E-state index in [1.807, 2.05) is 10.3 Å². The second-order valence-corrected chi connectivity index (χ2v) is 6.40. The van der Waals surface area contributed by atoms with Gasteiger partial charge in [0.15, 0.2) is 0 Å². The van der Waals surface area contributed by atoms with E-state index in [9.17, 15) is 4.79 Å². The topological polar surface area (TPSA) is 57.7 Å². The first-order valence-corrected chi connectivity index (χ1v) is 8.42. The number of carbonyl (C=O) groups is 1. The molecule has 2 fully saturated rings. The Morgan fingerprint density at radius 3 is 3.24 bits per heavy atom. The minimum atomic E-state index is 0.00581. The molecule has 21 heavy (non-hydrogen) atoms. The number of aryl methyl sites for hydroxylation is 1. The second-order valence-electron chi connectivity index (χ2n) is 5.46. The Balaban J connectivity index is 1.49. The van der Waals surface area contributed by atoms with Gasteiger partial charge >= 0.3 is 6.03 Å². The zero-order valence-electron chi connectivity index (χ0n) is 12.4. The fraction of sp³-hybridized carbons (Fsp3) is 0.714. The summed E-state index contributed by atoms with van der Waals surface area (Å²) in [4.78, 5) is 21.0. The third-order valence-electron chi connectivity index (χ3n) is 4.05. The Morgan fingerprint density at radius 1 is 1.52 bits per heavy atom. The fourth-order valence-corrected chi connectivity index (χ4v) is 3.55. The molecule has 0 saturated carbocycles. The molecule has 1 atom stereocenters. The van der Waals surface area contributed by atoms with E-state index in [4.69, 9.17) is 4.74 Å². The summed E-state index contributed by atoms with van der Waals surface area (Å²) >= 11 is 1.65. The predicted molar refractivity (Wildman–Crippen MR) is 81.5 cm³/mol. The van der Waals surface area contributed by atoms with Gasteiger partial charge in [0.05, 0.1) is 36.5 Å². The van der Waals surface area contributed by atoms with Crippen LogP contribution < -0.4 is 5.32 Å². The Bertz CT molecular complexity index is 493. The van der Waals surface area contributed by atoms with Crippen molar-refractivity contribution in [3.63, 3.8) is 0 Å². The molecule has 0 aliphatic carbocycles. The summed E-state index contributed by atoms with van der Waals surface area (Å²) in [5.41, 5.74) is 0.949. The number of nitrogens with zero attached hydrogens (tertiary/aromatic N) is 3. The van der Waals surface area contributed by atoms with Crippen LogP contribution in [-0.4, -0.2) is 66.2 Å². The van der Waals surface area contributed by atoms with Crippen molar-refractivity contribution < 1.29 is 9.53 Å². The van der Waals surface area contributed by atoms with Gasteiger partial charge in [-0.1, -0.05) is 6.92 Å². The van der Waals surface area contributed by atoms with Crippen LogP contribution in [0.25, 0.3) is 0 Å². The lowest BCUT2D eigenvalue weighted by Gasteiger charge is -2.43. The summed E-state index contributed by atoms with van der Waals surface area (Å²) in [6.45, 7) is 7.62. The molecule has 0 bridgehead atoms. The van der Waals surface area contributed by atoms with E-state index < -0.39 is 0 Å². The highest BCUT2D eigenvalue weighted by atomic mass is 32.1. The van der Waals surface area contributed by atoms with Crippen molar-refractivity contribution in [2.24, 2.45) is 0 Å². The van der Waals surface area contributed by atoms with Crippen molar-refractivity contribution in [1.82, 2.24) is 20.1 Å². The van der Waals surface area contributed by atoms with Gasteiger partial charge < -0.3 is 15.0 Å². The van der Waals surface area contributed by atoms with Crippen LogP contribution in [0.15, 0.2) is 5.38 Å². The van der Waals surface area contributed by atoms with Crippen molar-refractivity contribution in [3.8, 4) is 0 Å². The molecule has 2 aliphatic heterocycles. The third kappa shape index (κ3) is 3.53. The highest BCUT2D eigenvalue weighted by molar-refractivity contribution is 7.09. The zero-order chi connectivity index (χ0) is 14.7. The maximum absolute atomic E-state index is 12.3. The average molecular weight is 310 g/mol. The molecule has 2 saturated heterocycles. The van der Waals surface area contributed by atoms with Crippen LogP contribution in [0.2, 0.25) is 0 Å². The first-order valence-electron chi connectivity index (χ1n) is 7.54. The molecular formula is C14H22N4O2S. The quantitative estimate of drug-likeness (QED) is 0.902. The van der Waals surface area contributed by atoms with Gasteiger partial charge in [0.1, 0.15) is 0 Å². The number of aromatic nitrogens is 1. The van der Waals surface area contributed by atoms with Gasteiger partial charge in [0, 0.05) is 31.6 Å². The maximum Gasteiger partial charge on any atom is 0.317 e. The van der Waals surface area contributed by atoms with Crippen molar-refractivity contribution in [3.05, 3.63) is 16.1 Å². The molecule has 2 aliphatic rings. The Labute approximate surface area is 129 Å². The number of hydrogen-bond donors (Lipinski definition) is 1. The second kappa shape index (κ2) is 6.72. The normalized spacial score (nSPS) is 22.9. The molecule has 7 heteroatoms. The van der Waals surface area contributed by atoms with E-state index in [0.717, 1.165) is 56.5 Å². The van der Waals surface area contributed by atoms with Crippen molar-refractivity contribution >= 4 is 17.4 Å². The molecule has 1 aromatic heterocycles. The van der Waals surface area contributed by atoms with Gasteiger partial charge in [-0.05, 0) is 6.42 Å². The minimum Gasteiger partial charge on any atom is -0.378 e. The maximum atomic E-state index is 12.3. The van der Waals surface area contributed by atoms with Crippen LogP contribution in [0.5, 0.6) is 0 Å². The van der Waals surface area contributed by atoms with Crippen molar-refractivity contribution in [2.75, 3.05) is 39.4 Å². The molecule has 3 rings (SSSR count). The van der Waals surface area contributed by atoms with Crippen molar-refractivity contribution in [1.29, 1.82) is 0 Å². The number of morpholine rings is 1. The predicted octanol–water partition coefficient (Wildman–Crippen LogP) is 0.931. The van der Waals surface area contributed by atoms with E-state index >= 15 is 0 Å². The molecule has 6 nitrogen and oxygen atoms in total. The van der Waals surface area contributed by atoms with Crippen molar-refractivity contribution in [2.45, 2.75) is 25.9 Å². The summed E-state index contributed by atoms with van der Waals surface area (Å²) in [6.07, 6.45) is 0.947.